The summed E-state index contributed by atoms with van der Waals surface area (Å²) in [5, 5.41) is 0. The van der Waals surface area contributed by atoms with Crippen LogP contribution in [-0.4, -0.2) is 16.3 Å². The molecule has 0 bridgehead atoms. The van der Waals surface area contributed by atoms with E-state index in [9.17, 15) is 13.2 Å². The Balaban J connectivity index is 2.47. The number of aryl methyl sites for hydroxylation is 1. The molecule has 0 spiro atoms. The van der Waals surface area contributed by atoms with E-state index in [1.54, 1.807) is 13.0 Å². The van der Waals surface area contributed by atoms with E-state index >= 15 is 0 Å². The summed E-state index contributed by atoms with van der Waals surface area (Å²) >= 11 is 3.10. The second-order valence-corrected chi connectivity index (χ2v) is 4.52. The van der Waals surface area contributed by atoms with Gasteiger partial charge in [-0.1, -0.05) is 15.9 Å². The molecule has 0 radical (unpaired) electrons. The predicted octanol–water partition coefficient (Wildman–Crippen LogP) is 4.05. The molecular formula is C11H8BrF3N2O. The molecule has 2 rings (SSSR count). The Labute approximate surface area is 109 Å². The zero-order valence-electron chi connectivity index (χ0n) is 9.18. The summed E-state index contributed by atoms with van der Waals surface area (Å²) in [5.41, 5.74) is 1.01. The lowest BCUT2D eigenvalue weighted by Gasteiger charge is -2.12. The Morgan fingerprint density at radius 3 is 2.61 bits per heavy atom. The summed E-state index contributed by atoms with van der Waals surface area (Å²) in [6.45, 7) is 1.76. The van der Waals surface area contributed by atoms with E-state index in [1.807, 2.05) is 0 Å². The number of rotatable bonds is 2. The van der Waals surface area contributed by atoms with Crippen LogP contribution in [-0.2, 0) is 0 Å². The van der Waals surface area contributed by atoms with Gasteiger partial charge in [-0.15, -0.1) is 13.2 Å². The zero-order chi connectivity index (χ0) is 13.3. The Hall–Kier alpha value is -1.50. The highest BCUT2D eigenvalue weighted by Gasteiger charge is 2.32. The number of nitrogens with one attached hydrogen (secondary N) is 1. The van der Waals surface area contributed by atoms with Crippen molar-refractivity contribution in [2.75, 3.05) is 0 Å². The fourth-order valence-corrected chi connectivity index (χ4v) is 1.79. The van der Waals surface area contributed by atoms with Crippen molar-refractivity contribution < 1.29 is 17.9 Å². The van der Waals surface area contributed by atoms with Crippen LogP contribution in [0.1, 0.15) is 5.69 Å². The number of ether oxygens (including phenoxy) is 1. The van der Waals surface area contributed by atoms with Crippen LogP contribution in [0.15, 0.2) is 28.9 Å². The van der Waals surface area contributed by atoms with Crippen molar-refractivity contribution in [2.24, 2.45) is 0 Å². The topological polar surface area (TPSA) is 37.9 Å². The van der Waals surface area contributed by atoms with E-state index in [4.69, 9.17) is 0 Å². The first-order valence-corrected chi connectivity index (χ1v) is 5.72. The van der Waals surface area contributed by atoms with Gasteiger partial charge in [0, 0.05) is 16.4 Å². The molecular weight excluding hydrogens is 313 g/mol. The van der Waals surface area contributed by atoms with E-state index in [0.717, 1.165) is 5.69 Å². The second kappa shape index (κ2) is 4.64. The lowest BCUT2D eigenvalue weighted by molar-refractivity contribution is -0.274. The van der Waals surface area contributed by atoms with Crippen LogP contribution in [0.4, 0.5) is 13.2 Å². The van der Waals surface area contributed by atoms with Crippen LogP contribution in [0.5, 0.6) is 5.75 Å². The van der Waals surface area contributed by atoms with Gasteiger partial charge in [-0.3, -0.25) is 0 Å². The predicted molar refractivity (Wildman–Crippen MR) is 63.1 cm³/mol. The molecule has 0 fully saturated rings. The first-order valence-electron chi connectivity index (χ1n) is 4.92. The molecule has 0 aliphatic heterocycles. The van der Waals surface area contributed by atoms with Crippen molar-refractivity contribution >= 4 is 15.9 Å². The maximum Gasteiger partial charge on any atom is 0.573 e. The van der Waals surface area contributed by atoms with Crippen LogP contribution in [0.25, 0.3) is 11.4 Å². The molecule has 0 saturated carbocycles. The molecule has 1 heterocycles. The van der Waals surface area contributed by atoms with E-state index < -0.39 is 6.36 Å². The van der Waals surface area contributed by atoms with Crippen molar-refractivity contribution in [3.8, 4) is 17.1 Å². The van der Waals surface area contributed by atoms with Gasteiger partial charge in [0.25, 0.3) is 0 Å². The summed E-state index contributed by atoms with van der Waals surface area (Å²) in [7, 11) is 0. The van der Waals surface area contributed by atoms with E-state index in [1.165, 1.54) is 18.3 Å². The third-order valence-corrected chi connectivity index (χ3v) is 2.62. The first kappa shape index (κ1) is 12.9. The summed E-state index contributed by atoms with van der Waals surface area (Å²) < 4.78 is 41.4. The minimum atomic E-state index is -4.74. The summed E-state index contributed by atoms with van der Waals surface area (Å²) in [6.07, 6.45) is -3.20. The number of benzene rings is 1. The van der Waals surface area contributed by atoms with Crippen molar-refractivity contribution in [3.63, 3.8) is 0 Å². The van der Waals surface area contributed by atoms with Crippen LogP contribution in [0.2, 0.25) is 0 Å². The maximum absolute atomic E-state index is 12.3. The van der Waals surface area contributed by atoms with Gasteiger partial charge in [-0.2, -0.15) is 0 Å². The van der Waals surface area contributed by atoms with Gasteiger partial charge in [0.1, 0.15) is 11.6 Å². The molecule has 18 heavy (non-hydrogen) atoms. The average molecular weight is 321 g/mol. The van der Waals surface area contributed by atoms with Crippen LogP contribution >= 0.6 is 15.9 Å². The Morgan fingerprint density at radius 1 is 1.33 bits per heavy atom. The molecule has 7 heteroatoms. The highest BCUT2D eigenvalue weighted by atomic mass is 79.9. The van der Waals surface area contributed by atoms with Gasteiger partial charge in [0.05, 0.1) is 5.56 Å². The quantitative estimate of drug-likeness (QED) is 0.906. The van der Waals surface area contributed by atoms with Gasteiger partial charge >= 0.3 is 6.36 Å². The highest BCUT2D eigenvalue weighted by Crippen LogP contribution is 2.34. The van der Waals surface area contributed by atoms with Crippen molar-refractivity contribution in [2.45, 2.75) is 13.3 Å². The summed E-state index contributed by atoms with van der Waals surface area (Å²) in [6, 6.07) is 4.38. The zero-order valence-corrected chi connectivity index (χ0v) is 10.8. The fourth-order valence-electron chi connectivity index (χ4n) is 1.45. The number of aromatic amines is 1. The first-order chi connectivity index (χ1) is 8.35. The van der Waals surface area contributed by atoms with Gasteiger partial charge < -0.3 is 9.72 Å². The number of hydrogen-bond donors (Lipinski definition) is 1. The smallest absolute Gasteiger partial charge is 0.405 e. The van der Waals surface area contributed by atoms with Gasteiger partial charge in [-0.25, -0.2) is 4.98 Å². The Bertz CT molecular complexity index is 566. The molecule has 2 aromatic rings. The number of aromatic nitrogens is 2. The van der Waals surface area contributed by atoms with Crippen molar-refractivity contribution in [1.82, 2.24) is 9.97 Å². The van der Waals surface area contributed by atoms with Gasteiger partial charge in [0.15, 0.2) is 0 Å². The SMILES string of the molecule is Cc1cnc(-c2ccc(Br)cc2OC(F)(F)F)[nH]1. The maximum atomic E-state index is 12.3. The number of hydrogen-bond acceptors (Lipinski definition) is 2. The molecule has 0 amide bonds. The number of imidazole rings is 1. The molecule has 1 aromatic heterocycles. The Morgan fingerprint density at radius 2 is 2.06 bits per heavy atom. The molecule has 0 aliphatic rings. The minimum Gasteiger partial charge on any atom is -0.405 e. The van der Waals surface area contributed by atoms with E-state index in [-0.39, 0.29) is 11.3 Å². The van der Waals surface area contributed by atoms with E-state index in [2.05, 4.69) is 30.6 Å². The van der Waals surface area contributed by atoms with Crippen molar-refractivity contribution in [1.29, 1.82) is 0 Å². The number of halogens is 4. The largest absolute Gasteiger partial charge is 0.573 e. The van der Waals surface area contributed by atoms with Crippen LogP contribution < -0.4 is 4.74 Å². The monoisotopic (exact) mass is 320 g/mol. The summed E-state index contributed by atoms with van der Waals surface area (Å²) in [4.78, 5) is 6.85. The van der Waals surface area contributed by atoms with E-state index in [0.29, 0.717) is 10.3 Å². The molecule has 96 valence electrons. The minimum absolute atomic E-state index is 0.253. The third kappa shape index (κ3) is 3.04. The molecule has 0 atom stereocenters. The molecule has 0 unspecified atom stereocenters. The molecule has 0 saturated heterocycles. The number of H-pyrrole nitrogens is 1. The summed E-state index contributed by atoms with van der Waals surface area (Å²) in [5.74, 6) is 0.0328. The molecule has 0 aliphatic carbocycles. The lowest BCUT2D eigenvalue weighted by Crippen LogP contribution is -2.17. The van der Waals surface area contributed by atoms with Crippen LogP contribution in [0, 0.1) is 6.92 Å². The standard InChI is InChI=1S/C11H8BrF3N2O/c1-6-5-16-10(17-6)8-3-2-7(12)4-9(8)18-11(13,14)15/h2-5H,1H3,(H,16,17). The highest BCUT2D eigenvalue weighted by molar-refractivity contribution is 9.10. The molecule has 3 nitrogen and oxygen atoms in total. The van der Waals surface area contributed by atoms with Gasteiger partial charge in [-0.05, 0) is 25.1 Å². The lowest BCUT2D eigenvalue weighted by atomic mass is 10.2. The fraction of sp³-hybridized carbons (Fsp3) is 0.182. The average Bonchev–Trinajstić information content (AvgIpc) is 2.62. The molecule has 1 N–H and O–H groups in total. The van der Waals surface area contributed by atoms with Crippen LogP contribution in [0.3, 0.4) is 0 Å². The number of nitrogens with zero attached hydrogens (tertiary/aromatic N) is 1. The van der Waals surface area contributed by atoms with Gasteiger partial charge in [0.2, 0.25) is 0 Å². The normalized spacial score (nSPS) is 11.6. The van der Waals surface area contributed by atoms with Crippen molar-refractivity contribution in [3.05, 3.63) is 34.6 Å². The number of alkyl halides is 3. The second-order valence-electron chi connectivity index (χ2n) is 3.60. The molecule has 1 aromatic carbocycles. The third-order valence-electron chi connectivity index (χ3n) is 2.13. The Kier molecular flexibility index (Phi) is 3.34.